The minimum atomic E-state index is -0.348. The van der Waals surface area contributed by atoms with Crippen molar-refractivity contribution in [1.82, 2.24) is 9.80 Å². The topological polar surface area (TPSA) is 57.7 Å². The van der Waals surface area contributed by atoms with Crippen LogP contribution in [0.3, 0.4) is 0 Å². The quantitative estimate of drug-likeness (QED) is 0.784. The number of imide groups is 1. The van der Waals surface area contributed by atoms with Gasteiger partial charge in [-0.2, -0.15) is 0 Å². The molecule has 1 saturated heterocycles. The molecule has 2 aromatic carbocycles. The Morgan fingerprint density at radius 1 is 1.04 bits per heavy atom. The van der Waals surface area contributed by atoms with Gasteiger partial charge in [0, 0.05) is 31.6 Å². The Bertz CT molecular complexity index is 935. The molecule has 5 heteroatoms. The van der Waals surface area contributed by atoms with Crippen molar-refractivity contribution in [3.05, 3.63) is 70.3 Å². The van der Waals surface area contributed by atoms with Crippen LogP contribution in [-0.4, -0.2) is 47.7 Å². The van der Waals surface area contributed by atoms with Crippen molar-refractivity contribution < 1.29 is 14.4 Å². The Morgan fingerprint density at radius 2 is 1.81 bits per heavy atom. The van der Waals surface area contributed by atoms with E-state index in [2.05, 4.69) is 31.2 Å². The molecule has 0 spiro atoms. The van der Waals surface area contributed by atoms with E-state index in [0.717, 1.165) is 11.3 Å². The van der Waals surface area contributed by atoms with Crippen LogP contribution in [0.25, 0.3) is 0 Å². The standard InChI is InChI=1S/C21H20N2O3/c1-13-4-3-5-14(10-13)16-8-9-23(12-16)19(24)15-6-7-17-18(11-15)21(26)22(2)20(17)25/h3-7,10-11,16H,8-9,12H2,1-2H3. The van der Waals surface area contributed by atoms with Gasteiger partial charge < -0.3 is 4.90 Å². The maximum Gasteiger partial charge on any atom is 0.261 e. The number of aryl methyl sites for hydroxylation is 1. The average molecular weight is 348 g/mol. The van der Waals surface area contributed by atoms with E-state index in [1.54, 1.807) is 18.2 Å². The van der Waals surface area contributed by atoms with Gasteiger partial charge in [-0.1, -0.05) is 29.8 Å². The van der Waals surface area contributed by atoms with Crippen LogP contribution in [0.2, 0.25) is 0 Å². The monoisotopic (exact) mass is 348 g/mol. The molecular weight excluding hydrogens is 328 g/mol. The molecule has 0 bridgehead atoms. The zero-order valence-corrected chi connectivity index (χ0v) is 14.9. The predicted octanol–water partition coefficient (Wildman–Crippen LogP) is 2.85. The molecule has 0 saturated carbocycles. The maximum atomic E-state index is 12.9. The van der Waals surface area contributed by atoms with Crippen molar-refractivity contribution in [3.8, 4) is 0 Å². The first-order valence-electron chi connectivity index (χ1n) is 8.78. The fraction of sp³-hybridized carbons (Fsp3) is 0.286. The van der Waals surface area contributed by atoms with Crippen LogP contribution in [0.4, 0.5) is 0 Å². The van der Waals surface area contributed by atoms with Crippen LogP contribution in [0.5, 0.6) is 0 Å². The van der Waals surface area contributed by atoms with Gasteiger partial charge in [0.25, 0.3) is 17.7 Å². The van der Waals surface area contributed by atoms with Gasteiger partial charge >= 0.3 is 0 Å². The van der Waals surface area contributed by atoms with Crippen LogP contribution in [0, 0.1) is 6.92 Å². The number of rotatable bonds is 2. The molecule has 2 heterocycles. The van der Waals surface area contributed by atoms with Crippen molar-refractivity contribution in [2.24, 2.45) is 0 Å². The highest BCUT2D eigenvalue weighted by atomic mass is 16.2. The largest absolute Gasteiger partial charge is 0.338 e. The lowest BCUT2D eigenvalue weighted by atomic mass is 9.97. The molecule has 0 N–H and O–H groups in total. The maximum absolute atomic E-state index is 12.9. The molecule has 2 aromatic rings. The number of amides is 3. The molecule has 1 unspecified atom stereocenters. The summed E-state index contributed by atoms with van der Waals surface area (Å²) >= 11 is 0. The van der Waals surface area contributed by atoms with Crippen LogP contribution in [-0.2, 0) is 0 Å². The summed E-state index contributed by atoms with van der Waals surface area (Å²) in [5, 5.41) is 0. The van der Waals surface area contributed by atoms with Crippen molar-refractivity contribution in [3.63, 3.8) is 0 Å². The third-order valence-corrected chi connectivity index (χ3v) is 5.33. The second-order valence-electron chi connectivity index (χ2n) is 7.08. The van der Waals surface area contributed by atoms with Gasteiger partial charge in [-0.3, -0.25) is 19.3 Å². The number of benzene rings is 2. The normalized spacial score (nSPS) is 19.2. The highest BCUT2D eigenvalue weighted by Gasteiger charge is 2.34. The molecule has 4 rings (SSSR count). The van der Waals surface area contributed by atoms with E-state index in [1.165, 1.54) is 18.2 Å². The van der Waals surface area contributed by atoms with Crippen molar-refractivity contribution in [1.29, 1.82) is 0 Å². The molecule has 1 fully saturated rings. The second kappa shape index (κ2) is 6.09. The van der Waals surface area contributed by atoms with E-state index in [1.807, 2.05) is 4.90 Å². The third-order valence-electron chi connectivity index (χ3n) is 5.33. The summed E-state index contributed by atoms with van der Waals surface area (Å²) in [4.78, 5) is 39.9. The number of fused-ring (bicyclic) bond motifs is 1. The minimum absolute atomic E-state index is 0.0854. The number of carbonyl (C=O) groups excluding carboxylic acids is 3. The molecule has 0 aliphatic carbocycles. The third kappa shape index (κ3) is 2.60. The van der Waals surface area contributed by atoms with Crippen molar-refractivity contribution >= 4 is 17.7 Å². The first-order valence-corrected chi connectivity index (χ1v) is 8.78. The lowest BCUT2D eigenvalue weighted by Crippen LogP contribution is -2.28. The van der Waals surface area contributed by atoms with Gasteiger partial charge in [0.1, 0.15) is 0 Å². The van der Waals surface area contributed by atoms with E-state index in [4.69, 9.17) is 0 Å². The summed E-state index contributed by atoms with van der Waals surface area (Å²) in [5.41, 5.74) is 3.63. The van der Waals surface area contributed by atoms with E-state index in [-0.39, 0.29) is 17.7 Å². The van der Waals surface area contributed by atoms with Gasteiger partial charge in [0.15, 0.2) is 0 Å². The predicted molar refractivity (Wildman–Crippen MR) is 97.3 cm³/mol. The summed E-state index contributed by atoms with van der Waals surface area (Å²) in [5.74, 6) is -0.413. The van der Waals surface area contributed by atoms with Crippen molar-refractivity contribution in [2.75, 3.05) is 20.1 Å². The fourth-order valence-electron chi connectivity index (χ4n) is 3.82. The van der Waals surface area contributed by atoms with Crippen LogP contribution in [0.1, 0.15) is 54.5 Å². The van der Waals surface area contributed by atoms with E-state index in [9.17, 15) is 14.4 Å². The van der Waals surface area contributed by atoms with Gasteiger partial charge in [0.05, 0.1) is 11.1 Å². The van der Waals surface area contributed by atoms with Gasteiger partial charge in [0.2, 0.25) is 0 Å². The number of nitrogens with zero attached hydrogens (tertiary/aromatic N) is 2. The highest BCUT2D eigenvalue weighted by Crippen LogP contribution is 2.29. The molecule has 2 aliphatic heterocycles. The molecule has 1 atom stereocenters. The fourth-order valence-corrected chi connectivity index (χ4v) is 3.82. The van der Waals surface area contributed by atoms with E-state index in [0.29, 0.717) is 35.7 Å². The van der Waals surface area contributed by atoms with Crippen LogP contribution >= 0.6 is 0 Å². The second-order valence-corrected chi connectivity index (χ2v) is 7.08. The lowest BCUT2D eigenvalue weighted by molar-refractivity contribution is 0.0692. The summed E-state index contributed by atoms with van der Waals surface area (Å²) in [7, 11) is 1.46. The van der Waals surface area contributed by atoms with E-state index < -0.39 is 0 Å². The molecule has 3 amide bonds. The zero-order valence-electron chi connectivity index (χ0n) is 14.9. The molecule has 2 aliphatic rings. The lowest BCUT2D eigenvalue weighted by Gasteiger charge is -2.17. The molecule has 26 heavy (non-hydrogen) atoms. The number of hydrogen-bond donors (Lipinski definition) is 0. The Labute approximate surface area is 152 Å². The van der Waals surface area contributed by atoms with Crippen molar-refractivity contribution in [2.45, 2.75) is 19.3 Å². The molecule has 0 radical (unpaired) electrons. The highest BCUT2D eigenvalue weighted by molar-refractivity contribution is 6.21. The Kier molecular flexibility index (Phi) is 3.87. The Hall–Kier alpha value is -2.95. The smallest absolute Gasteiger partial charge is 0.261 e. The van der Waals surface area contributed by atoms with Gasteiger partial charge in [-0.25, -0.2) is 0 Å². The van der Waals surface area contributed by atoms with Gasteiger partial charge in [-0.15, -0.1) is 0 Å². The Balaban J connectivity index is 1.54. The first-order chi connectivity index (χ1) is 12.5. The molecular formula is C21H20N2O3. The summed E-state index contributed by atoms with van der Waals surface area (Å²) in [6.45, 7) is 3.44. The molecule has 0 aromatic heterocycles. The number of carbonyl (C=O) groups is 3. The minimum Gasteiger partial charge on any atom is -0.338 e. The first kappa shape index (κ1) is 16.5. The van der Waals surface area contributed by atoms with Crippen LogP contribution < -0.4 is 0 Å². The zero-order chi connectivity index (χ0) is 18.4. The van der Waals surface area contributed by atoms with Crippen LogP contribution in [0.15, 0.2) is 42.5 Å². The SMILES string of the molecule is Cc1cccc(C2CCN(C(=O)c3ccc4c(c3)C(=O)N(C)C4=O)C2)c1. The number of likely N-dealkylation sites (tertiary alicyclic amines) is 1. The summed E-state index contributed by atoms with van der Waals surface area (Å²) < 4.78 is 0. The Morgan fingerprint density at radius 3 is 2.58 bits per heavy atom. The van der Waals surface area contributed by atoms with Gasteiger partial charge in [-0.05, 0) is 37.1 Å². The molecule has 5 nitrogen and oxygen atoms in total. The summed E-state index contributed by atoms with van der Waals surface area (Å²) in [6, 6.07) is 13.2. The van der Waals surface area contributed by atoms with E-state index >= 15 is 0 Å². The average Bonchev–Trinajstić information content (AvgIpc) is 3.22. The number of hydrogen-bond acceptors (Lipinski definition) is 3. The summed E-state index contributed by atoms with van der Waals surface area (Å²) in [6.07, 6.45) is 0.931. The molecule has 132 valence electrons.